The minimum atomic E-state index is 0.702. The molecule has 0 amide bonds. The maximum absolute atomic E-state index is 4.75. The Balaban J connectivity index is 1.92. The average molecular weight is 389 g/mol. The molecule has 0 aliphatic carbocycles. The summed E-state index contributed by atoms with van der Waals surface area (Å²) >= 11 is 3.53. The molecule has 0 spiro atoms. The van der Waals surface area contributed by atoms with Gasteiger partial charge in [0.2, 0.25) is 0 Å². The van der Waals surface area contributed by atoms with Crippen LogP contribution in [0.1, 0.15) is 0 Å². The Morgan fingerprint density at radius 3 is 1.80 bits per heavy atom. The number of aromatic amines is 1. The molecule has 4 heteroatoms. The summed E-state index contributed by atoms with van der Waals surface area (Å²) in [4.78, 5) is 12.9. The summed E-state index contributed by atoms with van der Waals surface area (Å²) in [6, 6.07) is 28.2. The molecule has 0 fully saturated rings. The first-order valence-electron chi connectivity index (χ1n) is 7.98. The number of rotatable bonds is 3. The summed E-state index contributed by atoms with van der Waals surface area (Å²) in [5, 5.41) is 0. The van der Waals surface area contributed by atoms with E-state index in [-0.39, 0.29) is 0 Å². The van der Waals surface area contributed by atoms with Crippen LogP contribution >= 0.6 is 15.9 Å². The van der Waals surface area contributed by atoms with Crippen LogP contribution in [0.2, 0.25) is 0 Å². The van der Waals surface area contributed by atoms with Gasteiger partial charge in [-0.25, -0.2) is 4.98 Å². The number of nitrogens with one attached hydrogen (secondary N) is 1. The van der Waals surface area contributed by atoms with Crippen molar-refractivity contribution in [2.45, 2.75) is 0 Å². The minimum Gasteiger partial charge on any atom is -0.240 e. The third kappa shape index (κ3) is 3.49. The molecule has 1 N–H and O–H groups in total. The highest BCUT2D eigenvalue weighted by atomic mass is 79.9. The van der Waals surface area contributed by atoms with Crippen molar-refractivity contribution in [2.75, 3.05) is 0 Å². The second kappa shape index (κ2) is 6.95. The zero-order valence-corrected chi connectivity index (χ0v) is 14.9. The molecule has 0 saturated heterocycles. The predicted molar refractivity (Wildman–Crippen MR) is 103 cm³/mol. The second-order valence-electron chi connectivity index (χ2n) is 5.61. The van der Waals surface area contributed by atoms with Gasteiger partial charge in [-0.05, 0) is 42.5 Å². The molecule has 0 bridgehead atoms. The van der Waals surface area contributed by atoms with E-state index in [1.165, 1.54) is 0 Å². The molecule has 0 saturated carbocycles. The number of nitrogens with zero attached hydrogens (tertiary/aromatic N) is 2. The summed E-state index contributed by atoms with van der Waals surface area (Å²) < 4.78 is 1.01. The first-order chi connectivity index (χ1) is 12.3. The maximum atomic E-state index is 4.75. The Bertz CT molecular complexity index is 944. The molecule has 120 valence electrons. The van der Waals surface area contributed by atoms with E-state index >= 15 is 0 Å². The number of aromatic nitrogens is 3. The molecule has 1 heterocycles. The third-order valence-corrected chi connectivity index (χ3v) is 4.34. The Morgan fingerprint density at radius 2 is 1.16 bits per heavy atom. The quantitative estimate of drug-likeness (QED) is 0.492. The van der Waals surface area contributed by atoms with Crippen LogP contribution in [0.3, 0.4) is 0 Å². The zero-order valence-electron chi connectivity index (χ0n) is 13.4. The Labute approximate surface area is 154 Å². The Hall–Kier alpha value is -2.85. The van der Waals surface area contributed by atoms with Crippen molar-refractivity contribution in [1.29, 1.82) is 0 Å². The zero-order chi connectivity index (χ0) is 17.1. The molecule has 0 atom stereocenters. The normalized spacial score (nSPS) is 10.6. The SMILES string of the molecule is Brc1cccc(-c2nc(-c3ccccc3)nc(-c3ccccc3)[nH+]2)c1. The fraction of sp³-hybridized carbons (Fsp3) is 0. The Morgan fingerprint density at radius 1 is 0.600 bits per heavy atom. The van der Waals surface area contributed by atoms with Gasteiger partial charge in [0, 0.05) is 4.47 Å². The van der Waals surface area contributed by atoms with Gasteiger partial charge in [-0.3, -0.25) is 0 Å². The lowest BCUT2D eigenvalue weighted by atomic mass is 10.1. The van der Waals surface area contributed by atoms with Gasteiger partial charge < -0.3 is 0 Å². The fourth-order valence-corrected chi connectivity index (χ4v) is 3.03. The molecule has 0 aliphatic heterocycles. The van der Waals surface area contributed by atoms with Crippen LogP contribution < -0.4 is 4.98 Å². The molecule has 25 heavy (non-hydrogen) atoms. The summed E-state index contributed by atoms with van der Waals surface area (Å²) in [6.45, 7) is 0. The second-order valence-corrected chi connectivity index (χ2v) is 6.53. The highest BCUT2D eigenvalue weighted by molar-refractivity contribution is 9.10. The number of H-pyrrole nitrogens is 1. The number of benzene rings is 3. The van der Waals surface area contributed by atoms with Crippen LogP contribution in [0.15, 0.2) is 89.4 Å². The lowest BCUT2D eigenvalue weighted by molar-refractivity contribution is -0.359. The summed E-state index contributed by atoms with van der Waals surface area (Å²) in [5.41, 5.74) is 3.02. The van der Waals surface area contributed by atoms with E-state index in [1.54, 1.807) is 0 Å². The van der Waals surface area contributed by atoms with E-state index < -0.39 is 0 Å². The van der Waals surface area contributed by atoms with Gasteiger partial charge in [-0.15, -0.1) is 0 Å². The lowest BCUT2D eigenvalue weighted by Crippen LogP contribution is -2.16. The number of halogens is 1. The van der Waals surface area contributed by atoms with E-state index in [9.17, 15) is 0 Å². The van der Waals surface area contributed by atoms with Crippen molar-refractivity contribution in [3.8, 4) is 34.2 Å². The van der Waals surface area contributed by atoms with Crippen molar-refractivity contribution in [2.24, 2.45) is 0 Å². The fourth-order valence-electron chi connectivity index (χ4n) is 2.63. The molecule has 1 aromatic heterocycles. The smallest absolute Gasteiger partial charge is 0.240 e. The van der Waals surface area contributed by atoms with Gasteiger partial charge in [0.25, 0.3) is 11.6 Å². The standard InChI is InChI=1S/C21H14BrN3/c22-18-13-7-12-17(14-18)21-24-19(15-8-3-1-4-9-15)23-20(25-21)16-10-5-2-6-11-16/h1-14H/p+1. The molecule has 4 aromatic rings. The molecule has 4 rings (SSSR count). The predicted octanol–water partition coefficient (Wildman–Crippen LogP) is 5.05. The van der Waals surface area contributed by atoms with Crippen molar-refractivity contribution in [1.82, 2.24) is 9.97 Å². The van der Waals surface area contributed by atoms with E-state index in [4.69, 9.17) is 9.97 Å². The van der Waals surface area contributed by atoms with E-state index in [0.29, 0.717) is 5.82 Å². The minimum absolute atomic E-state index is 0.702. The van der Waals surface area contributed by atoms with Crippen LogP contribution in [-0.4, -0.2) is 9.97 Å². The topological polar surface area (TPSA) is 39.9 Å². The van der Waals surface area contributed by atoms with Crippen molar-refractivity contribution < 1.29 is 4.98 Å². The molecule has 0 unspecified atom stereocenters. The van der Waals surface area contributed by atoms with Gasteiger partial charge >= 0.3 is 5.82 Å². The number of hydrogen-bond acceptors (Lipinski definition) is 2. The van der Waals surface area contributed by atoms with Crippen molar-refractivity contribution in [3.05, 3.63) is 89.4 Å². The van der Waals surface area contributed by atoms with Crippen LogP contribution in [0.25, 0.3) is 34.2 Å². The van der Waals surface area contributed by atoms with Gasteiger partial charge in [0.05, 0.1) is 16.7 Å². The van der Waals surface area contributed by atoms with E-state index in [1.807, 2.05) is 84.9 Å². The molecule has 0 aliphatic rings. The summed E-state index contributed by atoms with van der Waals surface area (Å²) in [7, 11) is 0. The Kier molecular flexibility index (Phi) is 4.36. The highest BCUT2D eigenvalue weighted by Crippen LogP contribution is 2.23. The van der Waals surface area contributed by atoms with Gasteiger partial charge in [-0.1, -0.05) is 68.4 Å². The lowest BCUT2D eigenvalue weighted by Gasteiger charge is -2.02. The van der Waals surface area contributed by atoms with Crippen molar-refractivity contribution in [3.63, 3.8) is 0 Å². The van der Waals surface area contributed by atoms with E-state index in [0.717, 1.165) is 32.8 Å². The van der Waals surface area contributed by atoms with Crippen LogP contribution in [0, 0.1) is 0 Å². The largest absolute Gasteiger partial charge is 0.308 e. The molecule has 3 aromatic carbocycles. The highest BCUT2D eigenvalue weighted by Gasteiger charge is 2.19. The molecule has 0 radical (unpaired) electrons. The average Bonchev–Trinajstić information content (AvgIpc) is 2.69. The van der Waals surface area contributed by atoms with Crippen LogP contribution in [0.4, 0.5) is 0 Å². The molecule has 3 nitrogen and oxygen atoms in total. The van der Waals surface area contributed by atoms with E-state index in [2.05, 4.69) is 20.9 Å². The van der Waals surface area contributed by atoms with Crippen LogP contribution in [0.5, 0.6) is 0 Å². The van der Waals surface area contributed by atoms with Gasteiger partial charge in [0.15, 0.2) is 0 Å². The van der Waals surface area contributed by atoms with Gasteiger partial charge in [-0.2, -0.15) is 0 Å². The first-order valence-corrected chi connectivity index (χ1v) is 8.77. The summed E-state index contributed by atoms with van der Waals surface area (Å²) in [6.07, 6.45) is 0. The number of hydrogen-bond donors (Lipinski definition) is 0. The summed E-state index contributed by atoms with van der Waals surface area (Å²) in [5.74, 6) is 2.28. The molecular formula is C21H15BrN3+. The third-order valence-electron chi connectivity index (χ3n) is 3.85. The van der Waals surface area contributed by atoms with Crippen LogP contribution in [-0.2, 0) is 0 Å². The maximum Gasteiger partial charge on any atom is 0.308 e. The first kappa shape index (κ1) is 15.7. The molecular weight excluding hydrogens is 374 g/mol. The van der Waals surface area contributed by atoms with Crippen molar-refractivity contribution >= 4 is 15.9 Å². The monoisotopic (exact) mass is 388 g/mol. The van der Waals surface area contributed by atoms with Gasteiger partial charge in [0.1, 0.15) is 0 Å².